The van der Waals surface area contributed by atoms with E-state index in [4.69, 9.17) is 9.47 Å². The van der Waals surface area contributed by atoms with Gasteiger partial charge >= 0.3 is 12.1 Å². The number of benzene rings is 1. The van der Waals surface area contributed by atoms with Gasteiger partial charge in [0.1, 0.15) is 17.3 Å². The number of rotatable bonds is 10. The predicted molar refractivity (Wildman–Crippen MR) is 147 cm³/mol. The van der Waals surface area contributed by atoms with E-state index in [1.54, 1.807) is 6.07 Å². The maximum Gasteiger partial charge on any atom is 0.490 e. The predicted octanol–water partition coefficient (Wildman–Crippen LogP) is 5.68. The van der Waals surface area contributed by atoms with Crippen molar-refractivity contribution < 1.29 is 40.6 Å². The maximum atomic E-state index is 13.5. The smallest absolute Gasteiger partial charge is 0.490 e. The van der Waals surface area contributed by atoms with Gasteiger partial charge in [-0.3, -0.25) is 4.72 Å². The van der Waals surface area contributed by atoms with Crippen LogP contribution in [0, 0.1) is 6.92 Å². The molecule has 2 aromatic heterocycles. The Morgan fingerprint density at radius 3 is 2.51 bits per heavy atom. The second-order valence-corrected chi connectivity index (χ2v) is 12.0. The van der Waals surface area contributed by atoms with Gasteiger partial charge in [-0.15, -0.1) is 0 Å². The van der Waals surface area contributed by atoms with Crippen LogP contribution in [0.3, 0.4) is 0 Å². The fourth-order valence-electron chi connectivity index (χ4n) is 4.45. The highest BCUT2D eigenvalue weighted by molar-refractivity contribution is 7.92. The van der Waals surface area contributed by atoms with E-state index in [1.165, 1.54) is 63.0 Å². The standard InChI is InChI=1S/C26H29F3N4O6S2/c1-15-22(40-25(31-15)32-18-7-5-4-6-8-18)16-9-10-20(37-2)21(12-16)41(35,36)33-19-11-17(23(38-3)30-13-19)14-39-24(34)26(27,28)29/h9-13,18,33H,4-8,14H2,1-3H3,(H,31,32). The van der Waals surface area contributed by atoms with E-state index in [9.17, 15) is 26.4 Å². The Hall–Kier alpha value is -3.59. The quantitative estimate of drug-likeness (QED) is 0.277. The molecule has 4 rings (SSSR count). The summed E-state index contributed by atoms with van der Waals surface area (Å²) < 4.78 is 81.5. The minimum atomic E-state index is -5.19. The molecular weight excluding hydrogens is 585 g/mol. The number of carbonyl (C=O) groups excluding carboxylic acids is 1. The topological polar surface area (TPSA) is 129 Å². The number of methoxy groups -OCH3 is 2. The fraction of sp³-hybridized carbons (Fsp3) is 0.423. The Morgan fingerprint density at radius 2 is 1.85 bits per heavy atom. The third kappa shape index (κ3) is 7.38. The van der Waals surface area contributed by atoms with Crippen molar-refractivity contribution in [3.63, 3.8) is 0 Å². The monoisotopic (exact) mass is 614 g/mol. The molecule has 222 valence electrons. The number of nitrogens with zero attached hydrogens (tertiary/aromatic N) is 2. The minimum absolute atomic E-state index is 0.0739. The zero-order valence-electron chi connectivity index (χ0n) is 22.5. The van der Waals surface area contributed by atoms with Gasteiger partial charge in [-0.2, -0.15) is 13.2 Å². The molecule has 0 unspecified atom stereocenters. The lowest BCUT2D eigenvalue weighted by Crippen LogP contribution is -2.25. The number of sulfonamides is 1. The molecule has 0 atom stereocenters. The van der Waals surface area contributed by atoms with Crippen molar-refractivity contribution in [2.24, 2.45) is 0 Å². The lowest BCUT2D eigenvalue weighted by Gasteiger charge is -2.22. The van der Waals surface area contributed by atoms with Crippen LogP contribution < -0.4 is 19.5 Å². The van der Waals surface area contributed by atoms with Crippen molar-refractivity contribution in [1.29, 1.82) is 0 Å². The van der Waals surface area contributed by atoms with Gasteiger partial charge < -0.3 is 19.5 Å². The highest BCUT2D eigenvalue weighted by atomic mass is 32.2. The average Bonchev–Trinajstić information content (AvgIpc) is 3.30. The molecular formula is C26H29F3N4O6S2. The van der Waals surface area contributed by atoms with E-state index in [-0.39, 0.29) is 27.8 Å². The number of nitrogens with one attached hydrogen (secondary N) is 2. The van der Waals surface area contributed by atoms with Crippen LogP contribution in [0.4, 0.5) is 24.0 Å². The normalized spacial score (nSPS) is 14.4. The first-order valence-corrected chi connectivity index (χ1v) is 14.9. The summed E-state index contributed by atoms with van der Waals surface area (Å²) in [4.78, 5) is 20.3. The third-order valence-electron chi connectivity index (χ3n) is 6.41. The van der Waals surface area contributed by atoms with Gasteiger partial charge in [0.2, 0.25) is 5.88 Å². The van der Waals surface area contributed by atoms with Gasteiger partial charge in [-0.05, 0) is 49.6 Å². The summed E-state index contributed by atoms with van der Waals surface area (Å²) in [6, 6.07) is 6.27. The van der Waals surface area contributed by atoms with E-state index in [2.05, 4.69) is 24.7 Å². The zero-order valence-corrected chi connectivity index (χ0v) is 24.1. The van der Waals surface area contributed by atoms with Crippen LogP contribution in [-0.4, -0.2) is 50.8 Å². The van der Waals surface area contributed by atoms with Crippen LogP contribution in [0.5, 0.6) is 11.6 Å². The molecule has 1 aliphatic rings. The summed E-state index contributed by atoms with van der Waals surface area (Å²) >= 11 is 1.43. The van der Waals surface area contributed by atoms with Gasteiger partial charge in [-0.25, -0.2) is 23.2 Å². The maximum absolute atomic E-state index is 13.5. The highest BCUT2D eigenvalue weighted by Gasteiger charge is 2.41. The van der Waals surface area contributed by atoms with E-state index < -0.39 is 28.8 Å². The molecule has 2 N–H and O–H groups in total. The first-order valence-electron chi connectivity index (χ1n) is 12.6. The molecule has 10 nitrogen and oxygen atoms in total. The lowest BCUT2D eigenvalue weighted by molar-refractivity contribution is -0.201. The molecule has 0 radical (unpaired) electrons. The fourth-order valence-corrected chi connectivity index (χ4v) is 6.72. The first-order chi connectivity index (χ1) is 19.4. The van der Waals surface area contributed by atoms with Gasteiger partial charge in [-0.1, -0.05) is 30.6 Å². The number of thiazole rings is 1. The van der Waals surface area contributed by atoms with Crippen LogP contribution in [0.2, 0.25) is 0 Å². The van der Waals surface area contributed by atoms with Crippen LogP contribution in [-0.2, 0) is 26.2 Å². The number of halogens is 3. The Labute approximate surface area is 239 Å². The summed E-state index contributed by atoms with van der Waals surface area (Å²) in [5.41, 5.74) is 1.19. The molecule has 15 heteroatoms. The van der Waals surface area contributed by atoms with Gasteiger partial charge in [0.15, 0.2) is 5.13 Å². The number of pyridine rings is 1. The van der Waals surface area contributed by atoms with E-state index in [0.29, 0.717) is 11.6 Å². The van der Waals surface area contributed by atoms with E-state index in [1.807, 2.05) is 6.92 Å². The number of hydrogen-bond donors (Lipinski definition) is 2. The summed E-state index contributed by atoms with van der Waals surface area (Å²) in [6.07, 6.45) is 1.67. The molecule has 0 amide bonds. The second-order valence-electron chi connectivity index (χ2n) is 9.35. The lowest BCUT2D eigenvalue weighted by atomic mass is 9.96. The summed E-state index contributed by atoms with van der Waals surface area (Å²) in [7, 11) is -1.73. The van der Waals surface area contributed by atoms with E-state index >= 15 is 0 Å². The average molecular weight is 615 g/mol. The molecule has 0 aliphatic heterocycles. The summed E-state index contributed by atoms with van der Waals surface area (Å²) in [5, 5.41) is 4.26. The SMILES string of the molecule is COc1ccc(-c2sc(NC3CCCCC3)nc2C)cc1S(=O)(=O)Nc1cnc(OC)c(COC(=O)C(F)(F)F)c1. The van der Waals surface area contributed by atoms with E-state index in [0.717, 1.165) is 34.7 Å². The van der Waals surface area contributed by atoms with Gasteiger partial charge in [0.05, 0.1) is 42.2 Å². The molecule has 0 bridgehead atoms. The number of anilines is 2. The van der Waals surface area contributed by atoms with Gasteiger partial charge in [0, 0.05) is 6.04 Å². The number of ether oxygens (including phenoxy) is 3. The van der Waals surface area contributed by atoms with Gasteiger partial charge in [0.25, 0.3) is 10.0 Å². The number of alkyl halides is 3. The molecule has 1 saturated carbocycles. The van der Waals surface area contributed by atoms with Crippen LogP contribution >= 0.6 is 11.3 Å². The zero-order chi connectivity index (χ0) is 29.8. The number of hydrogen-bond acceptors (Lipinski definition) is 10. The Bertz CT molecular complexity index is 1510. The molecule has 41 heavy (non-hydrogen) atoms. The van der Waals surface area contributed by atoms with Crippen molar-refractivity contribution >= 4 is 38.1 Å². The Morgan fingerprint density at radius 1 is 1.12 bits per heavy atom. The molecule has 0 spiro atoms. The number of carbonyl (C=O) groups is 1. The molecule has 1 aliphatic carbocycles. The number of esters is 1. The van der Waals surface area contributed by atoms with Crippen LogP contribution in [0.1, 0.15) is 43.4 Å². The van der Waals surface area contributed by atoms with Crippen molar-refractivity contribution in [1.82, 2.24) is 9.97 Å². The Kier molecular flexibility index (Phi) is 9.27. The summed E-state index contributed by atoms with van der Waals surface area (Å²) in [6.45, 7) is 1.01. The molecule has 0 saturated heterocycles. The van der Waals surface area contributed by atoms with Crippen molar-refractivity contribution in [3.05, 3.63) is 41.7 Å². The number of aromatic nitrogens is 2. The van der Waals surface area contributed by atoms with Crippen molar-refractivity contribution in [2.45, 2.75) is 62.7 Å². The highest BCUT2D eigenvalue weighted by Crippen LogP contribution is 2.38. The van der Waals surface area contributed by atoms with Crippen molar-refractivity contribution in [2.75, 3.05) is 24.3 Å². The largest absolute Gasteiger partial charge is 0.495 e. The van der Waals surface area contributed by atoms with Crippen LogP contribution in [0.15, 0.2) is 35.4 Å². The molecule has 1 aromatic carbocycles. The van der Waals surface area contributed by atoms with Crippen LogP contribution in [0.25, 0.3) is 10.4 Å². The van der Waals surface area contributed by atoms with Crippen molar-refractivity contribution in [3.8, 4) is 22.1 Å². The second kappa shape index (κ2) is 12.5. The molecule has 3 aromatic rings. The number of aryl methyl sites for hydroxylation is 1. The molecule has 2 heterocycles. The summed E-state index contributed by atoms with van der Waals surface area (Å²) in [5.74, 6) is -2.46. The third-order valence-corrected chi connectivity index (χ3v) is 8.95. The Balaban J connectivity index is 1.59. The molecule has 1 fully saturated rings. The minimum Gasteiger partial charge on any atom is -0.495 e. The first kappa shape index (κ1) is 30.4.